The topological polar surface area (TPSA) is 74.1 Å². The van der Waals surface area contributed by atoms with Crippen LogP contribution in [0.1, 0.15) is 24.1 Å². The number of nitrogens with one attached hydrogen (secondary N) is 1. The Kier molecular flexibility index (Phi) is 5.65. The summed E-state index contributed by atoms with van der Waals surface area (Å²) in [4.78, 5) is 18.5. The molecule has 1 heterocycles. The second-order valence-electron chi connectivity index (χ2n) is 7.62. The standard InChI is InChI=1S/C22H21F2N3O2S2/c1-13-21(31(25,29)17-8-9-17)30-22(26-13)27(2)20(28)11-14-3-5-15(6-4-14)18-12-16(23)7-10-19(18)24/h3-7,10,12,17,25H,8-9,11H2,1-2H3/t31-/m1/s1. The fraction of sp³-hybridized carbons (Fsp3) is 0.273. The number of hydrogen-bond donors (Lipinski definition) is 1. The van der Waals surface area contributed by atoms with Gasteiger partial charge in [0.15, 0.2) is 5.13 Å². The zero-order valence-corrected chi connectivity index (χ0v) is 18.7. The van der Waals surface area contributed by atoms with Gasteiger partial charge in [0, 0.05) is 17.9 Å². The summed E-state index contributed by atoms with van der Waals surface area (Å²) >= 11 is 1.14. The summed E-state index contributed by atoms with van der Waals surface area (Å²) in [5.74, 6) is -1.25. The van der Waals surface area contributed by atoms with E-state index in [1.807, 2.05) is 0 Å². The van der Waals surface area contributed by atoms with Gasteiger partial charge in [0.1, 0.15) is 15.8 Å². The van der Waals surface area contributed by atoms with Gasteiger partial charge in [0.25, 0.3) is 0 Å². The summed E-state index contributed by atoms with van der Waals surface area (Å²) in [6.45, 7) is 1.72. The number of aromatic nitrogens is 1. The molecule has 4 rings (SSSR count). The van der Waals surface area contributed by atoms with E-state index in [1.54, 1.807) is 38.2 Å². The minimum absolute atomic E-state index is 0.0925. The minimum Gasteiger partial charge on any atom is -0.291 e. The van der Waals surface area contributed by atoms with Gasteiger partial charge >= 0.3 is 0 Å². The average molecular weight is 462 g/mol. The van der Waals surface area contributed by atoms with Gasteiger partial charge in [0.2, 0.25) is 5.91 Å². The van der Waals surface area contributed by atoms with Crippen molar-refractivity contribution in [2.45, 2.75) is 35.6 Å². The van der Waals surface area contributed by atoms with E-state index in [0.29, 0.717) is 26.2 Å². The van der Waals surface area contributed by atoms with Crippen LogP contribution in [0.5, 0.6) is 0 Å². The second-order valence-corrected chi connectivity index (χ2v) is 11.1. The van der Waals surface area contributed by atoms with Crippen molar-refractivity contribution in [1.82, 2.24) is 4.98 Å². The summed E-state index contributed by atoms with van der Waals surface area (Å²) in [7, 11) is -1.27. The molecule has 3 aromatic rings. The highest BCUT2D eigenvalue weighted by Gasteiger charge is 2.36. The largest absolute Gasteiger partial charge is 0.291 e. The van der Waals surface area contributed by atoms with Crippen molar-refractivity contribution in [2.24, 2.45) is 0 Å². The third-order valence-corrected chi connectivity index (χ3v) is 9.50. The third kappa shape index (κ3) is 4.38. The van der Waals surface area contributed by atoms with Crippen LogP contribution in [0.25, 0.3) is 11.1 Å². The van der Waals surface area contributed by atoms with Crippen LogP contribution >= 0.6 is 11.3 Å². The highest BCUT2D eigenvalue weighted by Crippen LogP contribution is 2.39. The zero-order valence-electron chi connectivity index (χ0n) is 17.0. The number of nitrogens with zero attached hydrogens (tertiary/aromatic N) is 2. The fourth-order valence-corrected chi connectivity index (χ4v) is 6.76. The minimum atomic E-state index is -2.87. The molecule has 162 valence electrons. The third-order valence-electron chi connectivity index (χ3n) is 5.22. The molecule has 1 N–H and O–H groups in total. The number of likely N-dealkylation sites (N-methyl/N-ethyl adjacent to an activating group) is 1. The summed E-state index contributed by atoms with van der Waals surface area (Å²) in [6, 6.07) is 9.99. The van der Waals surface area contributed by atoms with Crippen molar-refractivity contribution in [3.05, 3.63) is 65.4 Å². The Labute approximate surface area is 183 Å². The van der Waals surface area contributed by atoms with Gasteiger partial charge in [-0.25, -0.2) is 22.8 Å². The zero-order chi connectivity index (χ0) is 22.3. The summed E-state index contributed by atoms with van der Waals surface area (Å²) in [5, 5.41) is 0.304. The molecule has 2 aromatic carbocycles. The number of hydrogen-bond acceptors (Lipinski definition) is 5. The molecule has 0 bridgehead atoms. The van der Waals surface area contributed by atoms with E-state index in [4.69, 9.17) is 4.78 Å². The first-order valence-corrected chi connectivity index (χ1v) is 12.2. The SMILES string of the molecule is Cc1nc(N(C)C(=O)Cc2ccc(-c3cc(F)ccc3F)cc2)sc1[S@](=N)(=O)C1CC1. The van der Waals surface area contributed by atoms with Gasteiger partial charge in [-0.2, -0.15) is 0 Å². The molecule has 0 aliphatic heterocycles. The molecule has 9 heteroatoms. The Bertz CT molecular complexity index is 1250. The van der Waals surface area contributed by atoms with E-state index in [9.17, 15) is 17.8 Å². The number of halogens is 2. The lowest BCUT2D eigenvalue weighted by molar-refractivity contribution is -0.117. The molecule has 0 spiro atoms. The first-order chi connectivity index (χ1) is 14.7. The molecule has 31 heavy (non-hydrogen) atoms. The van der Waals surface area contributed by atoms with E-state index in [-0.39, 0.29) is 23.1 Å². The summed E-state index contributed by atoms with van der Waals surface area (Å²) in [6.07, 6.45) is 1.67. The molecule has 0 radical (unpaired) electrons. The predicted molar refractivity (Wildman–Crippen MR) is 118 cm³/mol. The lowest BCUT2D eigenvalue weighted by atomic mass is 10.0. The Hall–Kier alpha value is -2.65. The maximum absolute atomic E-state index is 14.0. The highest BCUT2D eigenvalue weighted by molar-refractivity contribution is 7.95. The molecule has 1 aliphatic carbocycles. The Balaban J connectivity index is 1.49. The van der Waals surface area contributed by atoms with Crippen molar-refractivity contribution in [1.29, 1.82) is 4.78 Å². The van der Waals surface area contributed by atoms with Crippen LogP contribution in [0, 0.1) is 23.3 Å². The van der Waals surface area contributed by atoms with Crippen LogP contribution in [-0.4, -0.2) is 27.4 Å². The first-order valence-electron chi connectivity index (χ1n) is 9.73. The van der Waals surface area contributed by atoms with Gasteiger partial charge in [-0.05, 0) is 49.1 Å². The molecule has 1 aromatic heterocycles. The van der Waals surface area contributed by atoms with E-state index in [1.165, 1.54) is 4.90 Å². The van der Waals surface area contributed by atoms with Gasteiger partial charge in [-0.3, -0.25) is 9.69 Å². The molecule has 1 saturated carbocycles. The monoisotopic (exact) mass is 461 g/mol. The van der Waals surface area contributed by atoms with Gasteiger partial charge in [0.05, 0.1) is 21.8 Å². The first kappa shape index (κ1) is 21.6. The molecular weight excluding hydrogens is 440 g/mol. The molecular formula is C22H21F2N3O2S2. The lowest BCUT2D eigenvalue weighted by Gasteiger charge is -2.14. The van der Waals surface area contributed by atoms with Crippen LogP contribution in [0.3, 0.4) is 0 Å². The number of benzene rings is 2. The van der Waals surface area contributed by atoms with Gasteiger partial charge in [-0.1, -0.05) is 35.6 Å². The normalized spacial score (nSPS) is 15.5. The number of amides is 1. The number of carbonyl (C=O) groups is 1. The smallest absolute Gasteiger partial charge is 0.232 e. The van der Waals surface area contributed by atoms with Crippen LogP contribution in [-0.2, 0) is 20.9 Å². The summed E-state index contributed by atoms with van der Waals surface area (Å²) in [5.41, 5.74) is 1.93. The van der Waals surface area contributed by atoms with Crippen molar-refractivity contribution in [3.63, 3.8) is 0 Å². The molecule has 1 atom stereocenters. The van der Waals surface area contributed by atoms with E-state index in [2.05, 4.69) is 4.98 Å². The van der Waals surface area contributed by atoms with Crippen LogP contribution < -0.4 is 4.90 Å². The molecule has 0 unspecified atom stereocenters. The van der Waals surface area contributed by atoms with E-state index >= 15 is 0 Å². The Morgan fingerprint density at radius 1 is 1.23 bits per heavy atom. The fourth-order valence-electron chi connectivity index (χ4n) is 3.27. The van der Waals surface area contributed by atoms with Crippen molar-refractivity contribution in [3.8, 4) is 11.1 Å². The predicted octanol–water partition coefficient (Wildman–Crippen LogP) is 5.17. The molecule has 5 nitrogen and oxygen atoms in total. The van der Waals surface area contributed by atoms with Crippen LogP contribution in [0.15, 0.2) is 46.7 Å². The van der Waals surface area contributed by atoms with E-state index in [0.717, 1.165) is 42.4 Å². The van der Waals surface area contributed by atoms with Crippen molar-refractivity contribution >= 4 is 32.1 Å². The number of carbonyl (C=O) groups excluding carboxylic acids is 1. The molecule has 1 fully saturated rings. The van der Waals surface area contributed by atoms with E-state index < -0.39 is 21.4 Å². The Morgan fingerprint density at radius 3 is 2.55 bits per heavy atom. The Morgan fingerprint density at radius 2 is 1.90 bits per heavy atom. The maximum atomic E-state index is 14.0. The van der Waals surface area contributed by atoms with Crippen molar-refractivity contribution < 1.29 is 17.8 Å². The van der Waals surface area contributed by atoms with Crippen LogP contribution in [0.2, 0.25) is 0 Å². The number of rotatable bonds is 6. The molecule has 1 aliphatic rings. The maximum Gasteiger partial charge on any atom is 0.232 e. The lowest BCUT2D eigenvalue weighted by Crippen LogP contribution is -2.27. The summed E-state index contributed by atoms with van der Waals surface area (Å²) < 4.78 is 48.8. The molecule has 0 saturated heterocycles. The quantitative estimate of drug-likeness (QED) is 0.550. The van der Waals surface area contributed by atoms with Crippen molar-refractivity contribution in [2.75, 3.05) is 11.9 Å². The highest BCUT2D eigenvalue weighted by atomic mass is 32.2. The second kappa shape index (κ2) is 8.12. The number of aryl methyl sites for hydroxylation is 1. The van der Waals surface area contributed by atoms with Gasteiger partial charge in [-0.15, -0.1) is 0 Å². The number of thiazole rings is 1. The number of anilines is 1. The molecule has 1 amide bonds. The van der Waals surface area contributed by atoms with Gasteiger partial charge < -0.3 is 0 Å². The average Bonchev–Trinajstić information content (AvgIpc) is 3.52. The van der Waals surface area contributed by atoms with Crippen LogP contribution in [0.4, 0.5) is 13.9 Å².